The summed E-state index contributed by atoms with van der Waals surface area (Å²) < 4.78 is 0. The van der Waals surface area contributed by atoms with Crippen molar-refractivity contribution in [1.29, 1.82) is 0 Å². The van der Waals surface area contributed by atoms with E-state index in [0.717, 1.165) is 15.6 Å². The molecule has 4 heteroatoms. The highest BCUT2D eigenvalue weighted by Gasteiger charge is 2.00. The Bertz CT molecular complexity index is 337. The summed E-state index contributed by atoms with van der Waals surface area (Å²) in [7, 11) is 0. The summed E-state index contributed by atoms with van der Waals surface area (Å²) in [6.07, 6.45) is 3.23. The maximum Gasteiger partial charge on any atom is 0.248 e. The first-order valence-electron chi connectivity index (χ1n) is 3.96. The first-order chi connectivity index (χ1) is 6.08. The first-order valence-corrected chi connectivity index (χ1v) is 4.78. The second-order valence-corrected chi connectivity index (χ2v) is 4.19. The monoisotopic (exact) mass is 196 g/mol. The van der Waals surface area contributed by atoms with Crippen LogP contribution in [0.2, 0.25) is 0 Å². The van der Waals surface area contributed by atoms with Crippen LogP contribution in [0.1, 0.15) is 18.9 Å². The zero-order valence-electron chi connectivity index (χ0n) is 7.92. The Labute approximate surface area is 81.5 Å². The third-order valence-electron chi connectivity index (χ3n) is 1.29. The molecule has 0 aliphatic heterocycles. The van der Waals surface area contributed by atoms with Gasteiger partial charge in [-0.2, -0.15) is 0 Å². The molecule has 13 heavy (non-hydrogen) atoms. The Morgan fingerprint density at radius 1 is 1.62 bits per heavy atom. The number of nitrogens with zero attached hydrogens (tertiary/aromatic N) is 1. The van der Waals surface area contributed by atoms with Crippen molar-refractivity contribution in [3.63, 3.8) is 0 Å². The summed E-state index contributed by atoms with van der Waals surface area (Å²) >= 11 is 1.47. The van der Waals surface area contributed by atoms with Gasteiger partial charge < -0.3 is 5.32 Å². The second kappa shape index (κ2) is 4.18. The van der Waals surface area contributed by atoms with Crippen LogP contribution in [-0.2, 0) is 4.79 Å². The molecular weight excluding hydrogens is 184 g/mol. The maximum atomic E-state index is 11.2. The molecular formula is C9H12N2OS. The molecule has 3 nitrogen and oxygen atoms in total. The maximum absolute atomic E-state index is 11.2. The van der Waals surface area contributed by atoms with Crippen LogP contribution in [-0.4, -0.2) is 10.9 Å². The van der Waals surface area contributed by atoms with Crippen molar-refractivity contribution < 1.29 is 4.79 Å². The highest BCUT2D eigenvalue weighted by molar-refractivity contribution is 7.15. The fourth-order valence-electron chi connectivity index (χ4n) is 0.839. The molecule has 0 atom stereocenters. The summed E-state index contributed by atoms with van der Waals surface area (Å²) in [5.41, 5.74) is 0.985. The summed E-state index contributed by atoms with van der Waals surface area (Å²) in [5.74, 6) is -0.0938. The largest absolute Gasteiger partial charge is 0.313 e. The van der Waals surface area contributed by atoms with Gasteiger partial charge in [0.15, 0.2) is 0 Å². The van der Waals surface area contributed by atoms with E-state index in [1.807, 2.05) is 20.8 Å². The Kier molecular flexibility index (Phi) is 3.19. The van der Waals surface area contributed by atoms with E-state index in [9.17, 15) is 4.79 Å². The smallest absolute Gasteiger partial charge is 0.248 e. The van der Waals surface area contributed by atoms with Gasteiger partial charge >= 0.3 is 0 Å². The number of allylic oxidation sites excluding steroid dienone is 1. The van der Waals surface area contributed by atoms with Gasteiger partial charge in [0.25, 0.3) is 0 Å². The number of hydrogen-bond acceptors (Lipinski definition) is 3. The molecule has 0 fully saturated rings. The molecule has 1 amide bonds. The summed E-state index contributed by atoms with van der Waals surface area (Å²) in [4.78, 5) is 15.3. The van der Waals surface area contributed by atoms with Gasteiger partial charge in [0.2, 0.25) is 5.91 Å². The summed E-state index contributed by atoms with van der Waals surface area (Å²) in [6.45, 7) is 5.68. The number of aromatic nitrogens is 1. The number of carbonyl (C=O) groups excluding carboxylic acids is 1. The van der Waals surface area contributed by atoms with Gasteiger partial charge in [-0.1, -0.05) is 5.57 Å². The molecule has 0 saturated heterocycles. The molecule has 0 aliphatic rings. The SMILES string of the molecule is CC(C)=CC(=O)Nc1cnc(C)s1. The van der Waals surface area contributed by atoms with E-state index in [1.165, 1.54) is 11.3 Å². The molecule has 0 radical (unpaired) electrons. The Hall–Kier alpha value is -1.16. The van der Waals surface area contributed by atoms with Gasteiger partial charge in [-0.15, -0.1) is 11.3 Å². The Morgan fingerprint density at radius 2 is 2.31 bits per heavy atom. The molecule has 70 valence electrons. The molecule has 1 aromatic heterocycles. The fourth-order valence-corrected chi connectivity index (χ4v) is 1.52. The zero-order chi connectivity index (χ0) is 9.84. The van der Waals surface area contributed by atoms with Gasteiger partial charge in [0.1, 0.15) is 5.00 Å². The number of rotatable bonds is 2. The molecule has 0 aliphatic carbocycles. The van der Waals surface area contributed by atoms with Crippen molar-refractivity contribution in [2.45, 2.75) is 20.8 Å². The van der Waals surface area contributed by atoms with Crippen molar-refractivity contribution in [2.24, 2.45) is 0 Å². The number of hydrogen-bond donors (Lipinski definition) is 1. The quantitative estimate of drug-likeness (QED) is 0.738. The minimum absolute atomic E-state index is 0.0938. The van der Waals surface area contributed by atoms with Crippen LogP contribution in [0.25, 0.3) is 0 Å². The van der Waals surface area contributed by atoms with Crippen molar-refractivity contribution in [3.05, 3.63) is 22.9 Å². The van der Waals surface area contributed by atoms with E-state index < -0.39 is 0 Å². The number of anilines is 1. The molecule has 0 unspecified atom stereocenters. The summed E-state index contributed by atoms with van der Waals surface area (Å²) in [6, 6.07) is 0. The lowest BCUT2D eigenvalue weighted by Gasteiger charge is -1.95. The fraction of sp³-hybridized carbons (Fsp3) is 0.333. The van der Waals surface area contributed by atoms with Crippen molar-refractivity contribution >= 4 is 22.2 Å². The van der Waals surface area contributed by atoms with E-state index in [4.69, 9.17) is 0 Å². The van der Waals surface area contributed by atoms with Crippen LogP contribution >= 0.6 is 11.3 Å². The van der Waals surface area contributed by atoms with Crippen molar-refractivity contribution in [1.82, 2.24) is 4.98 Å². The van der Waals surface area contributed by atoms with Crippen molar-refractivity contribution in [3.8, 4) is 0 Å². The van der Waals surface area contributed by atoms with E-state index in [-0.39, 0.29) is 5.91 Å². The lowest BCUT2D eigenvalue weighted by Crippen LogP contribution is -2.06. The lowest BCUT2D eigenvalue weighted by molar-refractivity contribution is -0.111. The van der Waals surface area contributed by atoms with Crippen LogP contribution in [0, 0.1) is 6.92 Å². The van der Waals surface area contributed by atoms with Crippen LogP contribution < -0.4 is 5.32 Å². The van der Waals surface area contributed by atoms with E-state index >= 15 is 0 Å². The van der Waals surface area contributed by atoms with Gasteiger partial charge in [0, 0.05) is 6.08 Å². The standard InChI is InChI=1S/C9H12N2OS/c1-6(2)4-8(12)11-9-5-10-7(3)13-9/h4-5H,1-3H3,(H,11,12). The predicted octanol–water partition coefficient (Wildman–Crippen LogP) is 2.36. The molecule has 0 saturated carbocycles. The third kappa shape index (κ3) is 3.38. The summed E-state index contributed by atoms with van der Waals surface area (Å²) in [5, 5.41) is 4.48. The molecule has 0 spiro atoms. The van der Waals surface area contributed by atoms with Gasteiger partial charge in [0.05, 0.1) is 11.2 Å². The van der Waals surface area contributed by atoms with E-state index in [2.05, 4.69) is 10.3 Å². The van der Waals surface area contributed by atoms with Crippen LogP contribution in [0.15, 0.2) is 17.8 Å². The average Bonchev–Trinajstić information content (AvgIpc) is 2.33. The van der Waals surface area contributed by atoms with Gasteiger partial charge in [-0.25, -0.2) is 4.98 Å². The van der Waals surface area contributed by atoms with Gasteiger partial charge in [-0.3, -0.25) is 4.79 Å². The number of nitrogens with one attached hydrogen (secondary N) is 1. The number of carbonyl (C=O) groups is 1. The minimum Gasteiger partial charge on any atom is -0.313 e. The predicted molar refractivity (Wildman–Crippen MR) is 54.9 cm³/mol. The zero-order valence-corrected chi connectivity index (χ0v) is 8.73. The van der Waals surface area contributed by atoms with Gasteiger partial charge in [-0.05, 0) is 20.8 Å². The van der Waals surface area contributed by atoms with Crippen LogP contribution in [0.5, 0.6) is 0 Å². The minimum atomic E-state index is -0.0938. The first kappa shape index (κ1) is 9.92. The molecule has 0 aromatic carbocycles. The molecule has 1 N–H and O–H groups in total. The number of amides is 1. The van der Waals surface area contributed by atoms with Crippen molar-refractivity contribution in [2.75, 3.05) is 5.32 Å². The molecule has 0 bridgehead atoms. The third-order valence-corrected chi connectivity index (χ3v) is 2.12. The van der Waals surface area contributed by atoms with Crippen LogP contribution in [0.3, 0.4) is 0 Å². The van der Waals surface area contributed by atoms with E-state index in [1.54, 1.807) is 12.3 Å². The molecule has 1 aromatic rings. The second-order valence-electron chi connectivity index (χ2n) is 2.95. The Balaban J connectivity index is 2.60. The topological polar surface area (TPSA) is 42.0 Å². The number of thiazole rings is 1. The lowest BCUT2D eigenvalue weighted by atomic mass is 10.3. The normalized spacial score (nSPS) is 9.46. The highest BCUT2D eigenvalue weighted by atomic mass is 32.1. The molecule has 1 rings (SSSR count). The highest BCUT2D eigenvalue weighted by Crippen LogP contribution is 2.17. The average molecular weight is 196 g/mol. The molecule has 1 heterocycles. The van der Waals surface area contributed by atoms with E-state index in [0.29, 0.717) is 0 Å². The Morgan fingerprint density at radius 3 is 2.77 bits per heavy atom. The van der Waals surface area contributed by atoms with Crippen LogP contribution in [0.4, 0.5) is 5.00 Å². The number of aryl methyl sites for hydroxylation is 1.